The van der Waals surface area contributed by atoms with Crippen LogP contribution in [0.5, 0.6) is 0 Å². The molecule has 0 fully saturated rings. The zero-order valence-corrected chi connectivity index (χ0v) is 13.1. The van der Waals surface area contributed by atoms with Crippen LogP contribution in [-0.4, -0.2) is 9.38 Å². The highest BCUT2D eigenvalue weighted by Crippen LogP contribution is 2.32. The van der Waals surface area contributed by atoms with Crippen LogP contribution in [0, 0.1) is 10.6 Å². The van der Waals surface area contributed by atoms with Crippen molar-refractivity contribution in [2.75, 3.05) is 0 Å². The molecule has 0 atom stereocenters. The average Bonchev–Trinajstić information content (AvgIpc) is 2.77. The molecule has 0 aliphatic rings. The van der Waals surface area contributed by atoms with Crippen molar-refractivity contribution < 1.29 is 13.2 Å². The van der Waals surface area contributed by atoms with Gasteiger partial charge in [-0.2, -0.15) is 13.2 Å². The van der Waals surface area contributed by atoms with Crippen molar-refractivity contribution in [3.8, 4) is 11.3 Å². The van der Waals surface area contributed by atoms with Crippen molar-refractivity contribution in [2.45, 2.75) is 13.1 Å². The van der Waals surface area contributed by atoms with Crippen molar-refractivity contribution in [2.24, 2.45) is 0 Å². The number of rotatable bonds is 1. The molecule has 0 unspecified atom stereocenters. The van der Waals surface area contributed by atoms with E-state index in [0.29, 0.717) is 11.3 Å². The number of hydrogen-bond donors (Lipinski definition) is 0. The maximum Gasteiger partial charge on any atom is 0.416 e. The maximum absolute atomic E-state index is 12.6. The Labute approximate surface area is 132 Å². The van der Waals surface area contributed by atoms with E-state index in [1.165, 1.54) is 12.1 Å². The number of alkyl halides is 3. The second kappa shape index (κ2) is 5.01. The van der Waals surface area contributed by atoms with E-state index in [9.17, 15) is 13.2 Å². The third-order valence-electron chi connectivity index (χ3n) is 3.27. The van der Waals surface area contributed by atoms with Crippen LogP contribution in [0.1, 0.15) is 11.1 Å². The van der Waals surface area contributed by atoms with Gasteiger partial charge in [0.05, 0.1) is 5.56 Å². The van der Waals surface area contributed by atoms with Crippen LogP contribution in [0.2, 0.25) is 0 Å². The molecule has 0 N–H and O–H groups in total. The number of imidazole rings is 1. The van der Waals surface area contributed by atoms with Crippen LogP contribution < -0.4 is 0 Å². The highest BCUT2D eigenvalue weighted by molar-refractivity contribution is 14.1. The smallest absolute Gasteiger partial charge is 0.294 e. The van der Waals surface area contributed by atoms with Gasteiger partial charge in [-0.05, 0) is 53.3 Å². The largest absolute Gasteiger partial charge is 0.416 e. The quantitative estimate of drug-likeness (QED) is 0.528. The zero-order chi connectivity index (χ0) is 15.2. The average molecular weight is 402 g/mol. The standard InChI is InChI=1S/C15H10F3IN2/c1-9-3-2-8-21-13(19)12(20-14(9)21)10-4-6-11(7-5-10)15(16,17)18/h2-8H,1H3. The number of aromatic nitrogens is 2. The fraction of sp³-hybridized carbons (Fsp3) is 0.133. The Kier molecular flexibility index (Phi) is 3.43. The monoisotopic (exact) mass is 402 g/mol. The van der Waals surface area contributed by atoms with Crippen LogP contribution in [-0.2, 0) is 6.18 Å². The third kappa shape index (κ3) is 2.52. The Balaban J connectivity index is 2.13. The SMILES string of the molecule is Cc1cccn2c(I)c(-c3ccc(C(F)(F)F)cc3)nc12. The molecule has 0 spiro atoms. The minimum absolute atomic E-state index is 0.652. The molecular formula is C15H10F3IN2. The molecule has 21 heavy (non-hydrogen) atoms. The number of benzene rings is 1. The summed E-state index contributed by atoms with van der Waals surface area (Å²) >= 11 is 2.16. The molecule has 6 heteroatoms. The number of hydrogen-bond acceptors (Lipinski definition) is 1. The normalized spacial score (nSPS) is 12.0. The molecule has 0 radical (unpaired) electrons. The highest BCUT2D eigenvalue weighted by atomic mass is 127. The number of pyridine rings is 1. The molecule has 0 aliphatic carbocycles. The van der Waals surface area contributed by atoms with E-state index in [2.05, 4.69) is 27.6 Å². The predicted octanol–water partition coefficient (Wildman–Crippen LogP) is 4.93. The second-order valence-corrected chi connectivity index (χ2v) is 5.73. The minimum atomic E-state index is -4.32. The summed E-state index contributed by atoms with van der Waals surface area (Å²) < 4.78 is 40.6. The van der Waals surface area contributed by atoms with Gasteiger partial charge in [0.25, 0.3) is 0 Å². The van der Waals surface area contributed by atoms with Crippen LogP contribution in [0.4, 0.5) is 13.2 Å². The summed E-state index contributed by atoms with van der Waals surface area (Å²) in [6, 6.07) is 8.96. The molecule has 0 bridgehead atoms. The van der Waals surface area contributed by atoms with Crippen LogP contribution >= 0.6 is 22.6 Å². The Morgan fingerprint density at radius 2 is 1.76 bits per heavy atom. The summed E-state index contributed by atoms with van der Waals surface area (Å²) in [7, 11) is 0. The second-order valence-electron chi connectivity index (χ2n) is 4.71. The lowest BCUT2D eigenvalue weighted by Crippen LogP contribution is -2.04. The number of halogens is 4. The van der Waals surface area contributed by atoms with Crippen molar-refractivity contribution in [3.05, 3.63) is 57.4 Å². The Morgan fingerprint density at radius 3 is 2.33 bits per heavy atom. The summed E-state index contributed by atoms with van der Waals surface area (Å²) in [6.07, 6.45) is -2.42. The van der Waals surface area contributed by atoms with E-state index in [-0.39, 0.29) is 0 Å². The summed E-state index contributed by atoms with van der Waals surface area (Å²) in [4.78, 5) is 4.55. The first-order chi connectivity index (χ1) is 9.88. The number of nitrogens with zero attached hydrogens (tertiary/aromatic N) is 2. The number of fused-ring (bicyclic) bond motifs is 1. The lowest BCUT2D eigenvalue weighted by Gasteiger charge is -2.06. The number of aryl methyl sites for hydroxylation is 1. The fourth-order valence-corrected chi connectivity index (χ4v) is 3.00. The van der Waals surface area contributed by atoms with Gasteiger partial charge in [-0.3, -0.25) is 4.40 Å². The van der Waals surface area contributed by atoms with E-state index in [1.807, 2.05) is 29.7 Å². The first-order valence-electron chi connectivity index (χ1n) is 6.19. The van der Waals surface area contributed by atoms with E-state index in [4.69, 9.17) is 0 Å². The lowest BCUT2D eigenvalue weighted by atomic mass is 10.1. The first-order valence-corrected chi connectivity index (χ1v) is 7.26. The van der Waals surface area contributed by atoms with E-state index in [1.54, 1.807) is 0 Å². The zero-order valence-electron chi connectivity index (χ0n) is 10.9. The molecule has 3 rings (SSSR count). The van der Waals surface area contributed by atoms with Gasteiger partial charge in [-0.1, -0.05) is 18.2 Å². The molecule has 0 saturated heterocycles. The van der Waals surface area contributed by atoms with Crippen molar-refractivity contribution in [3.63, 3.8) is 0 Å². The van der Waals surface area contributed by atoms with Crippen LogP contribution in [0.25, 0.3) is 16.9 Å². The molecule has 2 heterocycles. The molecular weight excluding hydrogens is 392 g/mol. The Hall–Kier alpha value is -1.57. The van der Waals surface area contributed by atoms with Gasteiger partial charge in [0.15, 0.2) is 0 Å². The molecule has 2 nitrogen and oxygen atoms in total. The van der Waals surface area contributed by atoms with Crippen LogP contribution in [0.15, 0.2) is 42.6 Å². The molecule has 0 amide bonds. The van der Waals surface area contributed by atoms with Gasteiger partial charge in [0.2, 0.25) is 0 Å². The van der Waals surface area contributed by atoms with Gasteiger partial charge >= 0.3 is 6.18 Å². The summed E-state index contributed by atoms with van der Waals surface area (Å²) in [5.41, 5.74) is 2.56. The van der Waals surface area contributed by atoms with Gasteiger partial charge in [-0.25, -0.2) is 4.98 Å². The van der Waals surface area contributed by atoms with Gasteiger partial charge in [-0.15, -0.1) is 0 Å². The molecule has 108 valence electrons. The molecule has 2 aromatic heterocycles. The fourth-order valence-electron chi connectivity index (χ4n) is 2.18. The first kappa shape index (κ1) is 14.4. The predicted molar refractivity (Wildman–Crippen MR) is 83.1 cm³/mol. The Morgan fingerprint density at radius 1 is 1.10 bits per heavy atom. The lowest BCUT2D eigenvalue weighted by molar-refractivity contribution is -0.137. The van der Waals surface area contributed by atoms with E-state index >= 15 is 0 Å². The maximum atomic E-state index is 12.6. The van der Waals surface area contributed by atoms with E-state index in [0.717, 1.165) is 27.0 Å². The van der Waals surface area contributed by atoms with Crippen molar-refractivity contribution in [1.29, 1.82) is 0 Å². The summed E-state index contributed by atoms with van der Waals surface area (Å²) in [6.45, 7) is 1.95. The summed E-state index contributed by atoms with van der Waals surface area (Å²) in [5.74, 6) is 0. The van der Waals surface area contributed by atoms with Crippen molar-refractivity contribution >= 4 is 28.2 Å². The minimum Gasteiger partial charge on any atom is -0.294 e. The molecule has 0 saturated carbocycles. The molecule has 1 aromatic carbocycles. The molecule has 0 aliphatic heterocycles. The Bertz CT molecular complexity index is 804. The van der Waals surface area contributed by atoms with Gasteiger partial charge in [0, 0.05) is 11.8 Å². The summed E-state index contributed by atoms with van der Waals surface area (Å²) in [5, 5.41) is 0. The van der Waals surface area contributed by atoms with Gasteiger partial charge in [0.1, 0.15) is 15.0 Å². The van der Waals surface area contributed by atoms with E-state index < -0.39 is 11.7 Å². The van der Waals surface area contributed by atoms with Gasteiger partial charge < -0.3 is 0 Å². The van der Waals surface area contributed by atoms with Crippen molar-refractivity contribution in [1.82, 2.24) is 9.38 Å². The molecule has 3 aromatic rings. The highest BCUT2D eigenvalue weighted by Gasteiger charge is 2.30. The topological polar surface area (TPSA) is 17.3 Å². The third-order valence-corrected chi connectivity index (χ3v) is 4.30. The van der Waals surface area contributed by atoms with Crippen LogP contribution in [0.3, 0.4) is 0 Å².